The van der Waals surface area contributed by atoms with Gasteiger partial charge in [-0.05, 0) is 13.8 Å². The van der Waals surface area contributed by atoms with Crippen LogP contribution in [-0.4, -0.2) is 17.1 Å². The van der Waals surface area contributed by atoms with Crippen LogP contribution < -0.4 is 5.32 Å². The average Bonchev–Trinajstić information content (AvgIpc) is 2.51. The van der Waals surface area contributed by atoms with Gasteiger partial charge in [0.05, 0.1) is 6.20 Å². The van der Waals surface area contributed by atoms with Crippen LogP contribution in [0.15, 0.2) is 23.4 Å². The predicted octanol–water partition coefficient (Wildman–Crippen LogP) is 1.29. The van der Waals surface area contributed by atoms with Crippen LogP contribution in [0.3, 0.4) is 0 Å². The summed E-state index contributed by atoms with van der Waals surface area (Å²) in [5, 5.41) is 6.23. The highest BCUT2D eigenvalue weighted by molar-refractivity contribution is 5.94. The number of rotatable bonds is 3. The van der Waals surface area contributed by atoms with Gasteiger partial charge in [0.15, 0.2) is 0 Å². The van der Waals surface area contributed by atoms with Gasteiger partial charge >= 0.3 is 0 Å². The summed E-state index contributed by atoms with van der Waals surface area (Å²) in [7, 11) is 0. The number of amides is 1. The van der Waals surface area contributed by atoms with E-state index in [1.807, 2.05) is 6.92 Å². The molecule has 0 saturated heterocycles. The van der Waals surface area contributed by atoms with Crippen LogP contribution in [0.25, 0.3) is 0 Å². The minimum absolute atomic E-state index is 0.0539. The molecule has 1 heterocycles. The number of nitrogens with one attached hydrogen (secondary N) is 1. The second-order valence-electron chi connectivity index (χ2n) is 2.79. The van der Waals surface area contributed by atoms with Crippen LogP contribution in [0.2, 0.25) is 0 Å². The number of hydrogen-bond donors (Lipinski definition) is 1. The molecule has 0 fully saturated rings. The van der Waals surface area contributed by atoms with E-state index in [1.165, 1.54) is 6.20 Å². The Hall–Kier alpha value is -1.58. The molecule has 0 aliphatic carbocycles. The number of aromatic nitrogens is 1. The number of carbonyl (C=O) groups excluding carboxylic acids is 1. The Morgan fingerprint density at radius 3 is 3.00 bits per heavy atom. The monoisotopic (exact) mass is 180 g/mol. The fourth-order valence-electron chi connectivity index (χ4n) is 0.860. The van der Waals surface area contributed by atoms with Crippen molar-refractivity contribution < 1.29 is 9.32 Å². The van der Waals surface area contributed by atoms with E-state index in [-0.39, 0.29) is 11.9 Å². The highest BCUT2D eigenvalue weighted by Gasteiger charge is 2.13. The Kier molecular flexibility index (Phi) is 2.84. The molecule has 0 spiro atoms. The van der Waals surface area contributed by atoms with Crippen LogP contribution in [0.1, 0.15) is 23.0 Å². The maximum Gasteiger partial charge on any atom is 0.256 e. The van der Waals surface area contributed by atoms with Gasteiger partial charge in [-0.15, -0.1) is 6.58 Å². The molecular weight excluding hydrogens is 168 g/mol. The predicted molar refractivity (Wildman–Crippen MR) is 48.4 cm³/mol. The molecular formula is C9H12N2O2. The Labute approximate surface area is 76.6 Å². The third-order valence-electron chi connectivity index (χ3n) is 1.71. The average molecular weight is 180 g/mol. The first-order chi connectivity index (χ1) is 6.15. The number of hydrogen-bond acceptors (Lipinski definition) is 3. The zero-order chi connectivity index (χ0) is 9.84. The summed E-state index contributed by atoms with van der Waals surface area (Å²) in [6.45, 7) is 7.10. The summed E-state index contributed by atoms with van der Waals surface area (Å²) in [6, 6.07) is -0.0539. The van der Waals surface area contributed by atoms with Gasteiger partial charge in [0.2, 0.25) is 0 Å². The van der Waals surface area contributed by atoms with Gasteiger partial charge in [0.25, 0.3) is 5.91 Å². The van der Waals surface area contributed by atoms with Gasteiger partial charge in [-0.1, -0.05) is 11.2 Å². The van der Waals surface area contributed by atoms with Crippen LogP contribution in [0.4, 0.5) is 0 Å². The number of aryl methyl sites for hydroxylation is 1. The molecule has 1 amide bonds. The van der Waals surface area contributed by atoms with Crippen molar-refractivity contribution in [2.75, 3.05) is 0 Å². The largest absolute Gasteiger partial charge is 0.361 e. The molecule has 1 unspecified atom stereocenters. The lowest BCUT2D eigenvalue weighted by Crippen LogP contribution is -2.30. The lowest BCUT2D eigenvalue weighted by Gasteiger charge is -2.07. The molecule has 4 heteroatoms. The third-order valence-corrected chi connectivity index (χ3v) is 1.71. The molecule has 0 aliphatic rings. The maximum absolute atomic E-state index is 11.4. The van der Waals surface area contributed by atoms with E-state index in [1.54, 1.807) is 13.0 Å². The zero-order valence-corrected chi connectivity index (χ0v) is 7.70. The maximum atomic E-state index is 11.4. The minimum Gasteiger partial charge on any atom is -0.361 e. The van der Waals surface area contributed by atoms with Gasteiger partial charge in [-0.25, -0.2) is 0 Å². The number of nitrogens with zero attached hydrogens (tertiary/aromatic N) is 1. The van der Waals surface area contributed by atoms with Crippen molar-refractivity contribution in [2.24, 2.45) is 0 Å². The van der Waals surface area contributed by atoms with Crippen molar-refractivity contribution in [1.82, 2.24) is 10.5 Å². The molecule has 0 radical (unpaired) electrons. The van der Waals surface area contributed by atoms with Crippen LogP contribution in [0, 0.1) is 6.92 Å². The van der Waals surface area contributed by atoms with Crippen LogP contribution in [0.5, 0.6) is 0 Å². The Balaban J connectivity index is 2.69. The Bertz CT molecular complexity index is 317. The topological polar surface area (TPSA) is 55.1 Å². The van der Waals surface area contributed by atoms with E-state index in [2.05, 4.69) is 17.1 Å². The molecule has 1 aromatic rings. The summed E-state index contributed by atoms with van der Waals surface area (Å²) in [5.41, 5.74) is 0.466. The van der Waals surface area contributed by atoms with Crippen molar-refractivity contribution in [2.45, 2.75) is 19.9 Å². The molecule has 70 valence electrons. The highest BCUT2D eigenvalue weighted by Crippen LogP contribution is 2.05. The molecule has 1 N–H and O–H groups in total. The lowest BCUT2D eigenvalue weighted by atomic mass is 10.2. The van der Waals surface area contributed by atoms with Crippen molar-refractivity contribution >= 4 is 5.91 Å². The third kappa shape index (κ3) is 2.18. The molecule has 0 bridgehead atoms. The summed E-state index contributed by atoms with van der Waals surface area (Å²) >= 11 is 0. The fraction of sp³-hybridized carbons (Fsp3) is 0.333. The van der Waals surface area contributed by atoms with Crippen LogP contribution in [-0.2, 0) is 0 Å². The van der Waals surface area contributed by atoms with Crippen LogP contribution >= 0.6 is 0 Å². The normalized spacial score (nSPS) is 12.2. The molecule has 4 nitrogen and oxygen atoms in total. The van der Waals surface area contributed by atoms with Crippen molar-refractivity contribution in [3.05, 3.63) is 30.2 Å². The van der Waals surface area contributed by atoms with Gasteiger partial charge in [0, 0.05) is 6.04 Å². The summed E-state index contributed by atoms with van der Waals surface area (Å²) in [5.74, 6) is 0.333. The fourth-order valence-corrected chi connectivity index (χ4v) is 0.860. The second kappa shape index (κ2) is 3.89. The molecule has 1 atom stereocenters. The smallest absolute Gasteiger partial charge is 0.256 e. The first kappa shape index (κ1) is 9.51. The zero-order valence-electron chi connectivity index (χ0n) is 7.70. The molecule has 0 aromatic carbocycles. The van der Waals surface area contributed by atoms with E-state index < -0.39 is 0 Å². The van der Waals surface area contributed by atoms with Gasteiger partial charge in [-0.3, -0.25) is 4.79 Å². The molecule has 0 saturated carbocycles. The molecule has 13 heavy (non-hydrogen) atoms. The van der Waals surface area contributed by atoms with Crippen molar-refractivity contribution in [1.29, 1.82) is 0 Å². The van der Waals surface area contributed by atoms with E-state index in [0.29, 0.717) is 11.3 Å². The van der Waals surface area contributed by atoms with Gasteiger partial charge in [-0.2, -0.15) is 0 Å². The molecule has 0 aliphatic heterocycles. The summed E-state index contributed by atoms with van der Waals surface area (Å²) in [4.78, 5) is 11.4. The Morgan fingerprint density at radius 1 is 1.85 bits per heavy atom. The molecule has 1 rings (SSSR count). The first-order valence-electron chi connectivity index (χ1n) is 4.00. The minimum atomic E-state index is -0.189. The highest BCUT2D eigenvalue weighted by atomic mass is 16.5. The van der Waals surface area contributed by atoms with E-state index in [4.69, 9.17) is 4.52 Å². The van der Waals surface area contributed by atoms with Crippen molar-refractivity contribution in [3.63, 3.8) is 0 Å². The lowest BCUT2D eigenvalue weighted by molar-refractivity contribution is 0.0945. The summed E-state index contributed by atoms with van der Waals surface area (Å²) < 4.78 is 4.76. The van der Waals surface area contributed by atoms with Crippen molar-refractivity contribution in [3.8, 4) is 0 Å². The SMILES string of the molecule is C=CC(C)NC(=O)c1cnoc1C. The quantitative estimate of drug-likeness (QED) is 0.713. The standard InChI is InChI=1S/C9H12N2O2/c1-4-6(2)11-9(12)8-5-10-13-7(8)3/h4-6H,1H2,2-3H3,(H,11,12). The van der Waals surface area contributed by atoms with E-state index >= 15 is 0 Å². The van der Waals surface area contributed by atoms with E-state index in [0.717, 1.165) is 0 Å². The first-order valence-corrected chi connectivity index (χ1v) is 4.00. The molecule has 1 aromatic heterocycles. The Morgan fingerprint density at radius 2 is 2.54 bits per heavy atom. The van der Waals surface area contributed by atoms with Gasteiger partial charge in [0.1, 0.15) is 11.3 Å². The van der Waals surface area contributed by atoms with E-state index in [9.17, 15) is 4.79 Å². The second-order valence-corrected chi connectivity index (χ2v) is 2.79. The number of carbonyl (C=O) groups is 1. The van der Waals surface area contributed by atoms with Gasteiger partial charge < -0.3 is 9.84 Å². The summed E-state index contributed by atoms with van der Waals surface area (Å²) in [6.07, 6.45) is 3.06.